The van der Waals surface area contributed by atoms with Gasteiger partial charge in [0.25, 0.3) is 0 Å². The van der Waals surface area contributed by atoms with Gasteiger partial charge in [-0.2, -0.15) is 0 Å². The van der Waals surface area contributed by atoms with Crippen LogP contribution >= 0.6 is 0 Å². The van der Waals surface area contributed by atoms with E-state index in [4.69, 9.17) is 4.74 Å². The SMILES string of the molecule is CCNC1COCC1C(=O)NC(C)c1cc(C)ccc1C. The lowest BCUT2D eigenvalue weighted by Crippen LogP contribution is -2.44. The van der Waals surface area contributed by atoms with E-state index in [0.717, 1.165) is 6.54 Å². The quantitative estimate of drug-likeness (QED) is 0.873. The fourth-order valence-corrected chi connectivity index (χ4v) is 2.90. The van der Waals surface area contributed by atoms with Gasteiger partial charge in [-0.1, -0.05) is 30.7 Å². The molecule has 1 aromatic rings. The molecule has 0 aliphatic carbocycles. The molecular formula is C17H26N2O2. The molecule has 1 aliphatic rings. The van der Waals surface area contributed by atoms with Gasteiger partial charge in [0.15, 0.2) is 0 Å². The number of ether oxygens (including phenoxy) is 1. The summed E-state index contributed by atoms with van der Waals surface area (Å²) in [5.74, 6) is -0.0237. The Morgan fingerprint density at radius 1 is 1.38 bits per heavy atom. The van der Waals surface area contributed by atoms with E-state index in [2.05, 4.69) is 42.7 Å². The third kappa shape index (κ3) is 3.83. The minimum Gasteiger partial charge on any atom is -0.379 e. The van der Waals surface area contributed by atoms with Gasteiger partial charge in [0.1, 0.15) is 0 Å². The van der Waals surface area contributed by atoms with E-state index in [9.17, 15) is 4.79 Å². The molecule has 0 saturated carbocycles. The molecular weight excluding hydrogens is 264 g/mol. The third-order valence-corrected chi connectivity index (χ3v) is 4.14. The van der Waals surface area contributed by atoms with Crippen LogP contribution in [-0.4, -0.2) is 31.7 Å². The van der Waals surface area contributed by atoms with Crippen LogP contribution in [0.2, 0.25) is 0 Å². The van der Waals surface area contributed by atoms with E-state index in [0.29, 0.717) is 13.2 Å². The maximum Gasteiger partial charge on any atom is 0.227 e. The summed E-state index contributed by atoms with van der Waals surface area (Å²) in [5.41, 5.74) is 3.60. The zero-order chi connectivity index (χ0) is 15.4. The smallest absolute Gasteiger partial charge is 0.227 e. The van der Waals surface area contributed by atoms with Crippen LogP contribution in [0.4, 0.5) is 0 Å². The molecule has 4 heteroatoms. The molecule has 0 bridgehead atoms. The Hall–Kier alpha value is -1.39. The predicted octanol–water partition coefficient (Wildman–Crippen LogP) is 2.11. The molecule has 3 atom stereocenters. The number of hydrogen-bond acceptors (Lipinski definition) is 3. The highest BCUT2D eigenvalue weighted by Gasteiger charge is 2.34. The number of likely N-dealkylation sites (N-methyl/N-ethyl adjacent to an activating group) is 1. The summed E-state index contributed by atoms with van der Waals surface area (Å²) in [7, 11) is 0. The first-order valence-corrected chi connectivity index (χ1v) is 7.71. The van der Waals surface area contributed by atoms with Crippen molar-refractivity contribution in [1.82, 2.24) is 10.6 Å². The lowest BCUT2D eigenvalue weighted by molar-refractivity contribution is -0.126. The minimum absolute atomic E-state index is 0.0141. The molecule has 0 aromatic heterocycles. The Balaban J connectivity index is 2.03. The van der Waals surface area contributed by atoms with Gasteiger partial charge in [-0.05, 0) is 38.4 Å². The molecule has 2 N–H and O–H groups in total. The first-order chi connectivity index (χ1) is 10.0. The number of carbonyl (C=O) groups excluding carboxylic acids is 1. The zero-order valence-electron chi connectivity index (χ0n) is 13.4. The molecule has 0 radical (unpaired) electrons. The summed E-state index contributed by atoms with van der Waals surface area (Å²) in [5, 5.41) is 6.46. The number of benzene rings is 1. The highest BCUT2D eigenvalue weighted by Crippen LogP contribution is 2.21. The van der Waals surface area contributed by atoms with Crippen molar-refractivity contribution in [2.24, 2.45) is 5.92 Å². The molecule has 0 spiro atoms. The van der Waals surface area contributed by atoms with Crippen molar-refractivity contribution in [3.8, 4) is 0 Å². The fraction of sp³-hybridized carbons (Fsp3) is 0.588. The van der Waals surface area contributed by atoms with Gasteiger partial charge in [-0.15, -0.1) is 0 Å². The van der Waals surface area contributed by atoms with Gasteiger partial charge in [0.05, 0.1) is 25.2 Å². The standard InChI is InChI=1S/C17H26N2O2/c1-5-18-16-10-21-9-15(16)17(20)19-13(4)14-8-11(2)6-7-12(14)3/h6-8,13,15-16,18H,5,9-10H2,1-4H3,(H,19,20). The van der Waals surface area contributed by atoms with Crippen molar-refractivity contribution in [2.45, 2.75) is 39.8 Å². The van der Waals surface area contributed by atoms with Crippen molar-refractivity contribution in [3.63, 3.8) is 0 Å². The lowest BCUT2D eigenvalue weighted by atomic mass is 9.98. The summed E-state index contributed by atoms with van der Waals surface area (Å²) in [6, 6.07) is 6.49. The Morgan fingerprint density at radius 2 is 2.14 bits per heavy atom. The van der Waals surface area contributed by atoms with Crippen molar-refractivity contribution < 1.29 is 9.53 Å². The normalized spacial score (nSPS) is 23.0. The number of carbonyl (C=O) groups is 1. The van der Waals surface area contributed by atoms with Crippen LogP contribution in [0.5, 0.6) is 0 Å². The van der Waals surface area contributed by atoms with E-state index in [1.54, 1.807) is 0 Å². The van der Waals surface area contributed by atoms with Gasteiger partial charge in [0, 0.05) is 6.04 Å². The summed E-state index contributed by atoms with van der Waals surface area (Å²) < 4.78 is 5.45. The molecule has 1 amide bonds. The fourth-order valence-electron chi connectivity index (χ4n) is 2.90. The number of amides is 1. The Labute approximate surface area is 127 Å². The number of aryl methyl sites for hydroxylation is 2. The molecule has 2 rings (SSSR count). The lowest BCUT2D eigenvalue weighted by Gasteiger charge is -2.22. The van der Waals surface area contributed by atoms with E-state index in [-0.39, 0.29) is 23.9 Å². The monoisotopic (exact) mass is 290 g/mol. The summed E-state index contributed by atoms with van der Waals surface area (Å²) in [4.78, 5) is 12.5. The van der Waals surface area contributed by atoms with Crippen LogP contribution in [0.1, 0.15) is 36.6 Å². The summed E-state index contributed by atoms with van der Waals surface area (Å²) in [6.45, 7) is 10.2. The second-order valence-electron chi connectivity index (χ2n) is 5.90. The number of nitrogens with one attached hydrogen (secondary N) is 2. The molecule has 1 aliphatic heterocycles. The second-order valence-corrected chi connectivity index (χ2v) is 5.90. The Bertz CT molecular complexity index is 502. The van der Waals surface area contributed by atoms with E-state index < -0.39 is 0 Å². The Morgan fingerprint density at radius 3 is 2.86 bits per heavy atom. The average molecular weight is 290 g/mol. The van der Waals surface area contributed by atoms with E-state index in [1.807, 2.05) is 13.8 Å². The zero-order valence-corrected chi connectivity index (χ0v) is 13.4. The van der Waals surface area contributed by atoms with Crippen LogP contribution in [0.25, 0.3) is 0 Å². The number of rotatable bonds is 5. The van der Waals surface area contributed by atoms with Gasteiger partial charge in [0.2, 0.25) is 5.91 Å². The largest absolute Gasteiger partial charge is 0.379 e. The van der Waals surface area contributed by atoms with Crippen LogP contribution in [0, 0.1) is 19.8 Å². The van der Waals surface area contributed by atoms with Gasteiger partial charge >= 0.3 is 0 Å². The van der Waals surface area contributed by atoms with Gasteiger partial charge in [-0.25, -0.2) is 0 Å². The van der Waals surface area contributed by atoms with Gasteiger partial charge in [-0.3, -0.25) is 4.79 Å². The Kier molecular flexibility index (Phi) is 5.37. The van der Waals surface area contributed by atoms with E-state index >= 15 is 0 Å². The predicted molar refractivity (Wildman–Crippen MR) is 84.2 cm³/mol. The van der Waals surface area contributed by atoms with Crippen molar-refractivity contribution in [3.05, 3.63) is 34.9 Å². The molecule has 1 aromatic carbocycles. The van der Waals surface area contributed by atoms with Crippen LogP contribution < -0.4 is 10.6 Å². The van der Waals surface area contributed by atoms with E-state index in [1.165, 1.54) is 16.7 Å². The van der Waals surface area contributed by atoms with Crippen LogP contribution in [-0.2, 0) is 9.53 Å². The third-order valence-electron chi connectivity index (χ3n) is 4.14. The average Bonchev–Trinajstić information content (AvgIpc) is 2.90. The molecule has 116 valence electrons. The summed E-state index contributed by atoms with van der Waals surface area (Å²) in [6.07, 6.45) is 0. The molecule has 1 saturated heterocycles. The van der Waals surface area contributed by atoms with Crippen molar-refractivity contribution in [1.29, 1.82) is 0 Å². The highest BCUT2D eigenvalue weighted by molar-refractivity contribution is 5.80. The molecule has 1 heterocycles. The van der Waals surface area contributed by atoms with Crippen molar-refractivity contribution in [2.75, 3.05) is 19.8 Å². The molecule has 4 nitrogen and oxygen atoms in total. The topological polar surface area (TPSA) is 50.4 Å². The first-order valence-electron chi connectivity index (χ1n) is 7.71. The molecule has 1 fully saturated rings. The van der Waals surface area contributed by atoms with Crippen LogP contribution in [0.15, 0.2) is 18.2 Å². The summed E-state index contributed by atoms with van der Waals surface area (Å²) >= 11 is 0. The highest BCUT2D eigenvalue weighted by atomic mass is 16.5. The molecule has 21 heavy (non-hydrogen) atoms. The molecule has 3 unspecified atom stereocenters. The first kappa shape index (κ1) is 16.0. The second kappa shape index (κ2) is 7.05. The van der Waals surface area contributed by atoms with Crippen molar-refractivity contribution >= 4 is 5.91 Å². The maximum atomic E-state index is 12.5. The number of hydrogen-bond donors (Lipinski definition) is 2. The van der Waals surface area contributed by atoms with Crippen LogP contribution in [0.3, 0.4) is 0 Å². The maximum absolute atomic E-state index is 12.5. The van der Waals surface area contributed by atoms with Gasteiger partial charge < -0.3 is 15.4 Å². The minimum atomic E-state index is -0.0995.